The van der Waals surface area contributed by atoms with E-state index >= 15 is 0 Å². The minimum absolute atomic E-state index is 0.166. The molecule has 2 aromatic carbocycles. The molecule has 1 heterocycles. The van der Waals surface area contributed by atoms with E-state index < -0.39 is 16.1 Å². The van der Waals surface area contributed by atoms with E-state index in [9.17, 15) is 17.6 Å². The highest BCUT2D eigenvalue weighted by atomic mass is 32.2. The number of rotatable bonds is 4. The molecule has 1 N–H and O–H groups in total. The largest absolute Gasteiger partial charge is 0.311 e. The van der Waals surface area contributed by atoms with Crippen molar-refractivity contribution in [1.82, 2.24) is 4.72 Å². The summed E-state index contributed by atoms with van der Waals surface area (Å²) in [5, 5.41) is 0. The quantitative estimate of drug-likeness (QED) is 0.909. The number of benzene rings is 2. The SMILES string of the molecule is Cc1cc(N2CCC(NS(=O)(=O)c3ccccc3C)C2=O)ccc1F. The van der Waals surface area contributed by atoms with Gasteiger partial charge >= 0.3 is 0 Å². The van der Waals surface area contributed by atoms with Crippen LogP contribution in [0.1, 0.15) is 17.5 Å². The molecule has 1 atom stereocenters. The van der Waals surface area contributed by atoms with Gasteiger partial charge in [0.1, 0.15) is 11.9 Å². The normalized spacial score (nSPS) is 18.0. The van der Waals surface area contributed by atoms with Gasteiger partial charge in [-0.3, -0.25) is 4.79 Å². The van der Waals surface area contributed by atoms with Gasteiger partial charge in [-0.25, -0.2) is 12.8 Å². The predicted molar refractivity (Wildman–Crippen MR) is 93.4 cm³/mol. The van der Waals surface area contributed by atoms with Gasteiger partial charge in [-0.05, 0) is 55.7 Å². The maximum absolute atomic E-state index is 13.4. The molecule has 1 saturated heterocycles. The van der Waals surface area contributed by atoms with Gasteiger partial charge in [0.25, 0.3) is 0 Å². The molecule has 0 spiro atoms. The molecule has 5 nitrogen and oxygen atoms in total. The summed E-state index contributed by atoms with van der Waals surface area (Å²) in [4.78, 5) is 14.3. The smallest absolute Gasteiger partial charge is 0.245 e. The number of amides is 1. The molecule has 1 fully saturated rings. The first kappa shape index (κ1) is 17.6. The van der Waals surface area contributed by atoms with Crippen molar-refractivity contribution in [2.45, 2.75) is 31.2 Å². The van der Waals surface area contributed by atoms with Crippen LogP contribution in [0.5, 0.6) is 0 Å². The first-order valence-electron chi connectivity index (χ1n) is 7.95. The van der Waals surface area contributed by atoms with Gasteiger partial charge in [-0.2, -0.15) is 4.72 Å². The summed E-state index contributed by atoms with van der Waals surface area (Å²) in [5.41, 5.74) is 1.63. The van der Waals surface area contributed by atoms with Gasteiger partial charge in [0.2, 0.25) is 15.9 Å². The zero-order chi connectivity index (χ0) is 18.2. The average molecular weight is 362 g/mol. The number of anilines is 1. The third-order valence-corrected chi connectivity index (χ3v) is 5.97. The lowest BCUT2D eigenvalue weighted by Crippen LogP contribution is -2.41. The lowest BCUT2D eigenvalue weighted by Gasteiger charge is -2.18. The van der Waals surface area contributed by atoms with E-state index in [1.807, 2.05) is 0 Å². The number of aryl methyl sites for hydroxylation is 2. The van der Waals surface area contributed by atoms with Crippen molar-refractivity contribution < 1.29 is 17.6 Å². The van der Waals surface area contributed by atoms with E-state index in [0.717, 1.165) is 0 Å². The Bertz CT molecular complexity index is 928. The van der Waals surface area contributed by atoms with Gasteiger partial charge in [0, 0.05) is 12.2 Å². The standard InChI is InChI=1S/C18H19FN2O3S/c1-12-5-3-4-6-17(12)25(23,24)20-16-9-10-21(18(16)22)14-7-8-15(19)13(2)11-14/h3-8,11,16,20H,9-10H2,1-2H3. The highest BCUT2D eigenvalue weighted by Crippen LogP contribution is 2.25. The lowest BCUT2D eigenvalue weighted by molar-refractivity contribution is -0.118. The van der Waals surface area contributed by atoms with Crippen molar-refractivity contribution in [3.8, 4) is 0 Å². The Labute approximate surface area is 146 Å². The molecule has 2 aromatic rings. The Kier molecular flexibility index (Phi) is 4.62. The van der Waals surface area contributed by atoms with Crippen LogP contribution in [0.2, 0.25) is 0 Å². The maximum Gasteiger partial charge on any atom is 0.245 e. The second-order valence-electron chi connectivity index (χ2n) is 6.15. The van der Waals surface area contributed by atoms with Crippen molar-refractivity contribution in [3.63, 3.8) is 0 Å². The summed E-state index contributed by atoms with van der Waals surface area (Å²) in [6.07, 6.45) is 0.361. The van der Waals surface area contributed by atoms with Crippen LogP contribution in [-0.2, 0) is 14.8 Å². The highest BCUT2D eigenvalue weighted by molar-refractivity contribution is 7.89. The van der Waals surface area contributed by atoms with Gasteiger partial charge in [0.15, 0.2) is 0 Å². The van der Waals surface area contributed by atoms with Crippen LogP contribution in [0.15, 0.2) is 47.4 Å². The van der Waals surface area contributed by atoms with Crippen LogP contribution in [0.25, 0.3) is 0 Å². The van der Waals surface area contributed by atoms with E-state index in [1.165, 1.54) is 23.1 Å². The summed E-state index contributed by atoms with van der Waals surface area (Å²) < 4.78 is 41.0. The van der Waals surface area contributed by atoms with E-state index in [2.05, 4.69) is 4.72 Å². The Morgan fingerprint density at radius 2 is 1.84 bits per heavy atom. The third-order valence-electron chi connectivity index (χ3n) is 4.34. The number of nitrogens with zero attached hydrogens (tertiary/aromatic N) is 1. The topological polar surface area (TPSA) is 66.5 Å². The fourth-order valence-electron chi connectivity index (χ4n) is 2.95. The van der Waals surface area contributed by atoms with Gasteiger partial charge in [-0.15, -0.1) is 0 Å². The van der Waals surface area contributed by atoms with Crippen molar-refractivity contribution >= 4 is 21.6 Å². The first-order chi connectivity index (χ1) is 11.8. The fraction of sp³-hybridized carbons (Fsp3) is 0.278. The van der Waals surface area contributed by atoms with Crippen LogP contribution in [0, 0.1) is 19.7 Å². The second-order valence-corrected chi connectivity index (χ2v) is 7.83. The summed E-state index contributed by atoms with van der Waals surface area (Å²) in [7, 11) is -3.79. The van der Waals surface area contributed by atoms with Crippen molar-refractivity contribution in [1.29, 1.82) is 0 Å². The van der Waals surface area contributed by atoms with E-state index in [4.69, 9.17) is 0 Å². The zero-order valence-electron chi connectivity index (χ0n) is 14.0. The Morgan fingerprint density at radius 3 is 2.52 bits per heavy atom. The zero-order valence-corrected chi connectivity index (χ0v) is 14.8. The molecule has 0 bridgehead atoms. The average Bonchev–Trinajstić information content (AvgIpc) is 2.91. The van der Waals surface area contributed by atoms with Crippen LogP contribution < -0.4 is 9.62 Å². The molecule has 0 aliphatic carbocycles. The van der Waals surface area contributed by atoms with Gasteiger partial charge < -0.3 is 4.90 Å². The van der Waals surface area contributed by atoms with Gasteiger partial charge in [0.05, 0.1) is 4.90 Å². The molecule has 0 radical (unpaired) electrons. The molecule has 0 aromatic heterocycles. The third kappa shape index (κ3) is 3.43. The maximum atomic E-state index is 13.4. The molecule has 1 aliphatic rings. The monoisotopic (exact) mass is 362 g/mol. The molecular weight excluding hydrogens is 343 g/mol. The summed E-state index contributed by atoms with van der Waals surface area (Å²) in [5.74, 6) is -0.671. The number of halogens is 1. The van der Waals surface area contributed by atoms with Crippen LogP contribution >= 0.6 is 0 Å². The van der Waals surface area contributed by atoms with Crippen LogP contribution in [-0.4, -0.2) is 26.9 Å². The highest BCUT2D eigenvalue weighted by Gasteiger charge is 2.36. The van der Waals surface area contributed by atoms with Crippen molar-refractivity contribution in [2.75, 3.05) is 11.4 Å². The van der Waals surface area contributed by atoms with Crippen molar-refractivity contribution in [3.05, 3.63) is 59.4 Å². The Balaban J connectivity index is 1.80. The van der Waals surface area contributed by atoms with E-state index in [-0.39, 0.29) is 16.6 Å². The minimum Gasteiger partial charge on any atom is -0.311 e. The molecule has 7 heteroatoms. The number of carbonyl (C=O) groups is 1. The van der Waals surface area contributed by atoms with E-state index in [0.29, 0.717) is 29.8 Å². The van der Waals surface area contributed by atoms with Crippen LogP contribution in [0.3, 0.4) is 0 Å². The Morgan fingerprint density at radius 1 is 1.12 bits per heavy atom. The number of carbonyl (C=O) groups excluding carboxylic acids is 1. The number of hydrogen-bond acceptors (Lipinski definition) is 3. The molecule has 0 saturated carbocycles. The summed E-state index contributed by atoms with van der Waals surface area (Å²) in [6.45, 7) is 3.71. The van der Waals surface area contributed by atoms with E-state index in [1.54, 1.807) is 38.1 Å². The molecule has 1 amide bonds. The number of hydrogen-bond donors (Lipinski definition) is 1. The summed E-state index contributed by atoms with van der Waals surface area (Å²) >= 11 is 0. The number of nitrogens with one attached hydrogen (secondary N) is 1. The molecular formula is C18H19FN2O3S. The Hall–Kier alpha value is -2.25. The molecule has 1 aliphatic heterocycles. The minimum atomic E-state index is -3.79. The summed E-state index contributed by atoms with van der Waals surface area (Å²) in [6, 6.07) is 10.2. The predicted octanol–water partition coefficient (Wildman–Crippen LogP) is 2.53. The molecule has 1 unspecified atom stereocenters. The number of sulfonamides is 1. The molecule has 25 heavy (non-hydrogen) atoms. The van der Waals surface area contributed by atoms with Gasteiger partial charge in [-0.1, -0.05) is 18.2 Å². The van der Waals surface area contributed by atoms with Crippen LogP contribution in [0.4, 0.5) is 10.1 Å². The lowest BCUT2D eigenvalue weighted by atomic mass is 10.2. The first-order valence-corrected chi connectivity index (χ1v) is 9.43. The van der Waals surface area contributed by atoms with Crippen molar-refractivity contribution in [2.24, 2.45) is 0 Å². The molecule has 132 valence electrons. The fourth-order valence-corrected chi connectivity index (χ4v) is 4.42. The second kappa shape index (κ2) is 6.57. The molecule has 3 rings (SSSR count).